The summed E-state index contributed by atoms with van der Waals surface area (Å²) in [5.41, 5.74) is 0.779. The highest BCUT2D eigenvalue weighted by atomic mass is 19.1. The van der Waals surface area contributed by atoms with Crippen molar-refractivity contribution in [2.75, 3.05) is 5.32 Å². The molecule has 3 rings (SSSR count). The van der Waals surface area contributed by atoms with Crippen LogP contribution < -0.4 is 10.9 Å². The van der Waals surface area contributed by atoms with Gasteiger partial charge in [-0.3, -0.25) is 20.0 Å². The number of nitrogens with zero attached hydrogens (tertiary/aromatic N) is 3. The molecule has 0 aliphatic heterocycles. The van der Waals surface area contributed by atoms with Crippen molar-refractivity contribution in [1.29, 1.82) is 0 Å². The van der Waals surface area contributed by atoms with E-state index in [2.05, 4.69) is 20.4 Å². The van der Waals surface area contributed by atoms with E-state index in [0.29, 0.717) is 17.7 Å². The molecular formula is C15H14FN5O2. The van der Waals surface area contributed by atoms with Gasteiger partial charge in [0.2, 0.25) is 5.95 Å². The number of anilines is 1. The van der Waals surface area contributed by atoms with E-state index in [9.17, 15) is 14.0 Å². The Balaban J connectivity index is 1.99. The molecule has 0 fully saturated rings. The number of H-pyrrole nitrogens is 1. The van der Waals surface area contributed by atoms with Crippen molar-refractivity contribution >= 4 is 17.6 Å². The molecule has 0 bridgehead atoms. The van der Waals surface area contributed by atoms with E-state index in [0.717, 1.165) is 4.52 Å². The number of hydrogen-bond donors (Lipinski definition) is 2. The van der Waals surface area contributed by atoms with Crippen LogP contribution in [0, 0.1) is 12.7 Å². The monoisotopic (exact) mass is 315 g/mol. The van der Waals surface area contributed by atoms with Crippen LogP contribution in [0.4, 0.5) is 10.3 Å². The molecule has 118 valence electrons. The number of rotatable bonds is 3. The number of benzene rings is 1. The minimum absolute atomic E-state index is 0.0236. The Labute approximate surface area is 130 Å². The Bertz CT molecular complexity index is 960. The molecule has 0 aliphatic rings. The maximum absolute atomic E-state index is 13.6. The van der Waals surface area contributed by atoms with Crippen LogP contribution in [0.1, 0.15) is 28.5 Å². The van der Waals surface area contributed by atoms with Crippen LogP contribution in [0.2, 0.25) is 0 Å². The summed E-state index contributed by atoms with van der Waals surface area (Å²) in [7, 11) is 0. The molecule has 1 amide bonds. The molecule has 0 unspecified atom stereocenters. The fraction of sp³-hybridized carbons (Fsp3) is 0.200. The van der Waals surface area contributed by atoms with Gasteiger partial charge in [-0.1, -0.05) is 19.1 Å². The van der Waals surface area contributed by atoms with Crippen LogP contribution in [0.5, 0.6) is 0 Å². The maximum atomic E-state index is 13.6. The fourth-order valence-electron chi connectivity index (χ4n) is 2.34. The van der Waals surface area contributed by atoms with Gasteiger partial charge in [0.25, 0.3) is 17.2 Å². The molecule has 2 N–H and O–H groups in total. The normalized spacial score (nSPS) is 10.9. The van der Waals surface area contributed by atoms with E-state index in [1.807, 2.05) is 6.92 Å². The summed E-state index contributed by atoms with van der Waals surface area (Å²) in [5.74, 6) is -1.13. The second-order valence-corrected chi connectivity index (χ2v) is 4.98. The van der Waals surface area contributed by atoms with Gasteiger partial charge in [-0.15, -0.1) is 0 Å². The smallest absolute Gasteiger partial charge is 0.277 e. The van der Waals surface area contributed by atoms with E-state index in [4.69, 9.17) is 0 Å². The number of carbonyl (C=O) groups excluding carboxylic acids is 1. The summed E-state index contributed by atoms with van der Waals surface area (Å²) in [6.45, 7) is 3.58. The summed E-state index contributed by atoms with van der Waals surface area (Å²) >= 11 is 0. The van der Waals surface area contributed by atoms with Gasteiger partial charge in [0.1, 0.15) is 5.82 Å². The highest BCUT2D eigenvalue weighted by Gasteiger charge is 2.15. The lowest BCUT2D eigenvalue weighted by molar-refractivity contribution is 0.102. The van der Waals surface area contributed by atoms with Crippen molar-refractivity contribution in [1.82, 2.24) is 19.6 Å². The summed E-state index contributed by atoms with van der Waals surface area (Å²) < 4.78 is 14.8. The van der Waals surface area contributed by atoms with Gasteiger partial charge < -0.3 is 0 Å². The van der Waals surface area contributed by atoms with E-state index >= 15 is 0 Å². The zero-order valence-electron chi connectivity index (χ0n) is 12.6. The Morgan fingerprint density at radius 1 is 1.35 bits per heavy atom. The predicted octanol–water partition coefficient (Wildman–Crippen LogP) is 1.68. The lowest BCUT2D eigenvalue weighted by atomic mass is 10.2. The second kappa shape index (κ2) is 5.64. The predicted molar refractivity (Wildman–Crippen MR) is 82.1 cm³/mol. The van der Waals surface area contributed by atoms with Crippen LogP contribution in [0.25, 0.3) is 5.78 Å². The molecule has 3 aromatic rings. The molecular weight excluding hydrogens is 301 g/mol. The SMILES string of the molecule is CCc1c(C)nc2nc(NC(=O)c3ccccc3F)[nH]n2c1=O. The van der Waals surface area contributed by atoms with Crippen LogP contribution in [-0.2, 0) is 6.42 Å². The topological polar surface area (TPSA) is 92.2 Å². The third kappa shape index (κ3) is 2.59. The Kier molecular flexibility index (Phi) is 3.65. The standard InChI is InChI=1S/C15H14FN5O2/c1-3-9-8(2)17-15-19-14(20-21(15)13(9)23)18-12(22)10-6-4-5-7-11(10)16/h4-7H,3H2,1-2H3,(H2,17,18,19,20,22). The number of aryl methyl sites for hydroxylation is 1. The van der Waals surface area contributed by atoms with Gasteiger partial charge in [-0.2, -0.15) is 9.50 Å². The van der Waals surface area contributed by atoms with Crippen molar-refractivity contribution in [3.63, 3.8) is 0 Å². The lowest BCUT2D eigenvalue weighted by Gasteiger charge is -2.02. The van der Waals surface area contributed by atoms with Gasteiger partial charge in [-0.25, -0.2) is 9.37 Å². The quantitative estimate of drug-likeness (QED) is 0.769. The number of fused-ring (bicyclic) bond motifs is 1. The van der Waals surface area contributed by atoms with Crippen molar-refractivity contribution in [3.8, 4) is 0 Å². The Morgan fingerprint density at radius 3 is 2.78 bits per heavy atom. The summed E-state index contributed by atoms with van der Waals surface area (Å²) in [6, 6.07) is 5.60. The van der Waals surface area contributed by atoms with E-state index in [1.165, 1.54) is 18.2 Å². The summed E-state index contributed by atoms with van der Waals surface area (Å²) in [6.07, 6.45) is 0.538. The van der Waals surface area contributed by atoms with E-state index in [1.54, 1.807) is 13.0 Å². The number of carbonyl (C=O) groups is 1. The van der Waals surface area contributed by atoms with Gasteiger partial charge in [0.15, 0.2) is 0 Å². The molecule has 0 radical (unpaired) electrons. The highest BCUT2D eigenvalue weighted by Crippen LogP contribution is 2.10. The Hall–Kier alpha value is -3.03. The number of halogens is 1. The highest BCUT2D eigenvalue weighted by molar-refractivity contribution is 6.03. The molecule has 1 aromatic carbocycles. The van der Waals surface area contributed by atoms with Crippen molar-refractivity contribution < 1.29 is 9.18 Å². The molecule has 2 heterocycles. The number of hydrogen-bond acceptors (Lipinski definition) is 4. The van der Waals surface area contributed by atoms with Gasteiger partial charge in [0, 0.05) is 5.56 Å². The minimum Gasteiger partial charge on any atom is -0.291 e. The van der Waals surface area contributed by atoms with Crippen molar-refractivity contribution in [2.24, 2.45) is 0 Å². The molecule has 8 heteroatoms. The number of aromatic amines is 1. The summed E-state index contributed by atoms with van der Waals surface area (Å²) in [4.78, 5) is 32.6. The molecule has 0 saturated carbocycles. The maximum Gasteiger partial charge on any atom is 0.277 e. The molecule has 0 spiro atoms. The average molecular weight is 315 g/mol. The zero-order valence-corrected chi connectivity index (χ0v) is 12.6. The molecule has 23 heavy (non-hydrogen) atoms. The van der Waals surface area contributed by atoms with Crippen LogP contribution in [0.15, 0.2) is 29.1 Å². The average Bonchev–Trinajstić information content (AvgIpc) is 2.90. The minimum atomic E-state index is -0.664. The molecule has 2 aromatic heterocycles. The largest absolute Gasteiger partial charge is 0.291 e. The molecule has 0 aliphatic carbocycles. The van der Waals surface area contributed by atoms with Gasteiger partial charge >= 0.3 is 0 Å². The first-order valence-electron chi connectivity index (χ1n) is 7.05. The fourth-order valence-corrected chi connectivity index (χ4v) is 2.34. The lowest BCUT2D eigenvalue weighted by Crippen LogP contribution is -2.21. The number of amides is 1. The van der Waals surface area contributed by atoms with Gasteiger partial charge in [-0.05, 0) is 25.5 Å². The van der Waals surface area contributed by atoms with Crippen LogP contribution >= 0.6 is 0 Å². The zero-order chi connectivity index (χ0) is 16.6. The third-order valence-corrected chi connectivity index (χ3v) is 3.50. The van der Waals surface area contributed by atoms with E-state index in [-0.39, 0.29) is 22.8 Å². The number of nitrogens with one attached hydrogen (secondary N) is 2. The van der Waals surface area contributed by atoms with Crippen LogP contribution in [0.3, 0.4) is 0 Å². The first-order chi connectivity index (χ1) is 11.0. The third-order valence-electron chi connectivity index (χ3n) is 3.50. The number of aromatic nitrogens is 4. The molecule has 0 saturated heterocycles. The molecule has 7 nitrogen and oxygen atoms in total. The first-order valence-corrected chi connectivity index (χ1v) is 7.05. The van der Waals surface area contributed by atoms with Crippen LogP contribution in [-0.4, -0.2) is 25.5 Å². The second-order valence-electron chi connectivity index (χ2n) is 4.98. The van der Waals surface area contributed by atoms with Crippen molar-refractivity contribution in [3.05, 3.63) is 57.3 Å². The Morgan fingerprint density at radius 2 is 2.09 bits per heavy atom. The van der Waals surface area contributed by atoms with Crippen molar-refractivity contribution in [2.45, 2.75) is 20.3 Å². The molecule has 0 atom stereocenters. The first kappa shape index (κ1) is 14.9. The van der Waals surface area contributed by atoms with Gasteiger partial charge in [0.05, 0.1) is 11.3 Å². The summed E-state index contributed by atoms with van der Waals surface area (Å²) in [5, 5.41) is 5.09. The van der Waals surface area contributed by atoms with E-state index < -0.39 is 11.7 Å².